The van der Waals surface area contributed by atoms with Crippen LogP contribution < -0.4 is 10.6 Å². The number of rotatable bonds is 4. The number of fused-ring (bicyclic) bond motifs is 2. The zero-order valence-corrected chi connectivity index (χ0v) is 19.3. The number of carbonyl (C=O) groups excluding carboxylic acids is 1. The SMILES string of the molecule is Cc1ccc(Nc2nn(C)c3nc(Nc4ccc5c(c4)CN(C(=O)C(F)(F)F)CC5)ncc23)c(F)c1. The molecule has 0 saturated heterocycles. The van der Waals surface area contributed by atoms with Gasteiger partial charge in [-0.25, -0.2) is 14.1 Å². The largest absolute Gasteiger partial charge is 0.471 e. The van der Waals surface area contributed by atoms with Crippen LogP contribution in [0.4, 0.5) is 40.7 Å². The predicted molar refractivity (Wildman–Crippen MR) is 126 cm³/mol. The van der Waals surface area contributed by atoms with Crippen LogP contribution in [0.15, 0.2) is 42.6 Å². The highest BCUT2D eigenvalue weighted by molar-refractivity contribution is 5.89. The molecule has 2 aromatic heterocycles. The highest BCUT2D eigenvalue weighted by atomic mass is 19.4. The van der Waals surface area contributed by atoms with Crippen LogP contribution in [0, 0.1) is 12.7 Å². The molecule has 2 aromatic carbocycles. The van der Waals surface area contributed by atoms with Gasteiger partial charge in [0.1, 0.15) is 5.82 Å². The fourth-order valence-corrected chi connectivity index (χ4v) is 4.16. The first-order chi connectivity index (χ1) is 17.1. The monoisotopic (exact) mass is 499 g/mol. The van der Waals surface area contributed by atoms with E-state index in [-0.39, 0.29) is 24.7 Å². The number of alkyl halides is 3. The molecule has 0 unspecified atom stereocenters. The number of hydrogen-bond donors (Lipinski definition) is 2. The molecule has 0 atom stereocenters. The van der Waals surface area contributed by atoms with E-state index in [1.807, 2.05) is 6.07 Å². The summed E-state index contributed by atoms with van der Waals surface area (Å²) in [5.74, 6) is -1.61. The molecule has 0 spiro atoms. The van der Waals surface area contributed by atoms with Crippen LogP contribution in [0.25, 0.3) is 11.0 Å². The van der Waals surface area contributed by atoms with Crippen molar-refractivity contribution < 1.29 is 22.4 Å². The van der Waals surface area contributed by atoms with Crippen molar-refractivity contribution in [3.05, 3.63) is 65.1 Å². The Bertz CT molecular complexity index is 1480. The maximum absolute atomic E-state index is 14.3. The van der Waals surface area contributed by atoms with E-state index in [2.05, 4.69) is 25.7 Å². The van der Waals surface area contributed by atoms with E-state index in [1.54, 1.807) is 44.4 Å². The van der Waals surface area contributed by atoms with Gasteiger partial charge in [-0.15, -0.1) is 0 Å². The van der Waals surface area contributed by atoms with Crippen molar-refractivity contribution in [1.82, 2.24) is 24.6 Å². The summed E-state index contributed by atoms with van der Waals surface area (Å²) < 4.78 is 54.4. The van der Waals surface area contributed by atoms with Crippen molar-refractivity contribution in [3.63, 3.8) is 0 Å². The summed E-state index contributed by atoms with van der Waals surface area (Å²) in [6, 6.07) is 10.1. The van der Waals surface area contributed by atoms with Crippen molar-refractivity contribution in [3.8, 4) is 0 Å². The van der Waals surface area contributed by atoms with Crippen molar-refractivity contribution in [2.45, 2.75) is 26.1 Å². The van der Waals surface area contributed by atoms with Gasteiger partial charge in [-0.05, 0) is 54.3 Å². The van der Waals surface area contributed by atoms with Crippen LogP contribution in [0.2, 0.25) is 0 Å². The fraction of sp³-hybridized carbons (Fsp3) is 0.250. The van der Waals surface area contributed by atoms with Crippen molar-refractivity contribution in [1.29, 1.82) is 0 Å². The molecule has 1 amide bonds. The predicted octanol–water partition coefficient (Wildman–Crippen LogP) is 4.75. The zero-order chi connectivity index (χ0) is 25.6. The van der Waals surface area contributed by atoms with E-state index in [9.17, 15) is 22.4 Å². The van der Waals surface area contributed by atoms with Crippen LogP contribution in [0.1, 0.15) is 16.7 Å². The number of amides is 1. The molecule has 2 N–H and O–H groups in total. The summed E-state index contributed by atoms with van der Waals surface area (Å²) in [6.45, 7) is 1.68. The van der Waals surface area contributed by atoms with Gasteiger partial charge in [0.05, 0.1) is 11.1 Å². The minimum absolute atomic E-state index is 0.0151. The standard InChI is InChI=1S/C24H21F4N7O/c1-13-3-6-19(18(25)9-13)31-20-17-11-29-23(32-21(17)34(2)33-20)30-16-5-4-14-7-8-35(12-15(14)10-16)22(36)24(26,27)28/h3-6,9-11H,7-8,12H2,1-2H3,(H,31,33)(H,29,30,32). The average molecular weight is 499 g/mol. The molecule has 0 bridgehead atoms. The Morgan fingerprint density at radius 1 is 1.08 bits per heavy atom. The smallest absolute Gasteiger partial charge is 0.336 e. The lowest BCUT2D eigenvalue weighted by Gasteiger charge is -2.29. The first-order valence-corrected chi connectivity index (χ1v) is 11.1. The quantitative estimate of drug-likeness (QED) is 0.394. The summed E-state index contributed by atoms with van der Waals surface area (Å²) >= 11 is 0. The third-order valence-electron chi connectivity index (χ3n) is 5.96. The number of halogens is 4. The third kappa shape index (κ3) is 4.53. The summed E-state index contributed by atoms with van der Waals surface area (Å²) in [7, 11) is 1.70. The van der Waals surface area contributed by atoms with Gasteiger partial charge in [-0.2, -0.15) is 23.3 Å². The number of benzene rings is 2. The van der Waals surface area contributed by atoms with Gasteiger partial charge in [-0.3, -0.25) is 4.79 Å². The minimum Gasteiger partial charge on any atom is -0.336 e. The maximum Gasteiger partial charge on any atom is 0.471 e. The molecule has 0 saturated carbocycles. The van der Waals surface area contributed by atoms with Gasteiger partial charge in [0.25, 0.3) is 0 Å². The molecule has 12 heteroatoms. The Balaban J connectivity index is 1.37. The number of aromatic nitrogens is 4. The van der Waals surface area contributed by atoms with Gasteiger partial charge in [0.15, 0.2) is 11.5 Å². The first kappa shape index (κ1) is 23.5. The van der Waals surface area contributed by atoms with Gasteiger partial charge in [0, 0.05) is 32.0 Å². The summed E-state index contributed by atoms with van der Waals surface area (Å²) in [5.41, 5.74) is 3.63. The molecule has 0 radical (unpaired) electrons. The molecule has 5 rings (SSSR count). The summed E-state index contributed by atoms with van der Waals surface area (Å²) in [6.07, 6.45) is -3.01. The second kappa shape index (κ2) is 8.77. The van der Waals surface area contributed by atoms with E-state index < -0.39 is 17.9 Å². The molecule has 0 fully saturated rings. The normalized spacial score (nSPS) is 13.6. The number of anilines is 4. The molecule has 186 valence electrons. The number of nitrogens with one attached hydrogen (secondary N) is 2. The van der Waals surface area contributed by atoms with Gasteiger partial charge in [-0.1, -0.05) is 12.1 Å². The van der Waals surface area contributed by atoms with E-state index in [4.69, 9.17) is 0 Å². The van der Waals surface area contributed by atoms with E-state index in [1.165, 1.54) is 10.7 Å². The highest BCUT2D eigenvalue weighted by Crippen LogP contribution is 2.29. The molecular weight excluding hydrogens is 478 g/mol. The molecule has 4 aromatic rings. The van der Waals surface area contributed by atoms with Crippen LogP contribution in [-0.2, 0) is 24.8 Å². The van der Waals surface area contributed by atoms with Gasteiger partial charge >= 0.3 is 12.1 Å². The van der Waals surface area contributed by atoms with Crippen LogP contribution in [0.5, 0.6) is 0 Å². The van der Waals surface area contributed by atoms with Crippen molar-refractivity contribution >= 4 is 40.1 Å². The van der Waals surface area contributed by atoms with E-state index >= 15 is 0 Å². The van der Waals surface area contributed by atoms with E-state index in [0.717, 1.165) is 16.0 Å². The topological polar surface area (TPSA) is 88.0 Å². The molecule has 0 aliphatic carbocycles. The Hall–Kier alpha value is -4.22. The Labute approximate surface area is 203 Å². The van der Waals surface area contributed by atoms with Crippen molar-refractivity contribution in [2.75, 3.05) is 17.2 Å². The molecular formula is C24H21F4N7O. The first-order valence-electron chi connectivity index (χ1n) is 11.1. The Kier molecular flexibility index (Phi) is 5.73. The van der Waals surface area contributed by atoms with Gasteiger partial charge < -0.3 is 15.5 Å². The lowest BCUT2D eigenvalue weighted by molar-refractivity contribution is -0.186. The minimum atomic E-state index is -4.90. The fourth-order valence-electron chi connectivity index (χ4n) is 4.16. The average Bonchev–Trinajstić information content (AvgIpc) is 3.14. The van der Waals surface area contributed by atoms with E-state index in [0.29, 0.717) is 34.5 Å². The number of hydrogen-bond acceptors (Lipinski definition) is 6. The molecule has 1 aliphatic rings. The van der Waals surface area contributed by atoms with Crippen LogP contribution in [0.3, 0.4) is 0 Å². The number of aryl methyl sites for hydroxylation is 2. The second-order valence-electron chi connectivity index (χ2n) is 8.59. The molecule has 8 nitrogen and oxygen atoms in total. The van der Waals surface area contributed by atoms with Crippen LogP contribution >= 0.6 is 0 Å². The number of carbonyl (C=O) groups is 1. The summed E-state index contributed by atoms with van der Waals surface area (Å²) in [4.78, 5) is 21.3. The number of nitrogens with zero attached hydrogens (tertiary/aromatic N) is 5. The second-order valence-corrected chi connectivity index (χ2v) is 8.59. The molecule has 3 heterocycles. The lowest BCUT2D eigenvalue weighted by Crippen LogP contribution is -2.43. The van der Waals surface area contributed by atoms with Crippen molar-refractivity contribution in [2.24, 2.45) is 7.05 Å². The van der Waals surface area contributed by atoms with Crippen LogP contribution in [-0.4, -0.2) is 43.3 Å². The summed E-state index contributed by atoms with van der Waals surface area (Å²) in [5, 5.41) is 11.0. The lowest BCUT2D eigenvalue weighted by atomic mass is 9.99. The molecule has 36 heavy (non-hydrogen) atoms. The maximum atomic E-state index is 14.3. The third-order valence-corrected chi connectivity index (χ3v) is 5.96. The highest BCUT2D eigenvalue weighted by Gasteiger charge is 2.43. The Morgan fingerprint density at radius 3 is 2.64 bits per heavy atom. The zero-order valence-electron chi connectivity index (χ0n) is 19.3. The Morgan fingerprint density at radius 2 is 1.89 bits per heavy atom. The molecule has 1 aliphatic heterocycles. The van der Waals surface area contributed by atoms with Gasteiger partial charge in [0.2, 0.25) is 5.95 Å².